The van der Waals surface area contributed by atoms with Gasteiger partial charge in [0.25, 0.3) is 0 Å². The number of esters is 1. The molecule has 0 aliphatic heterocycles. The summed E-state index contributed by atoms with van der Waals surface area (Å²) in [6, 6.07) is -1.29. The summed E-state index contributed by atoms with van der Waals surface area (Å²) >= 11 is 0. The predicted molar refractivity (Wildman–Crippen MR) is 54.0 cm³/mol. The molecule has 0 heterocycles. The third-order valence-corrected chi connectivity index (χ3v) is 2.40. The lowest BCUT2D eigenvalue weighted by atomic mass is 9.94. The molecule has 1 atom stereocenters. The van der Waals surface area contributed by atoms with Crippen LogP contribution < -0.4 is 0 Å². The topological polar surface area (TPSA) is 69.4 Å². The number of ether oxygens (including phenoxy) is 1. The van der Waals surface area contributed by atoms with Crippen molar-refractivity contribution < 1.29 is 14.5 Å². The van der Waals surface area contributed by atoms with Gasteiger partial charge in [-0.15, -0.1) is 0 Å². The van der Waals surface area contributed by atoms with E-state index in [9.17, 15) is 14.9 Å². The van der Waals surface area contributed by atoms with Crippen LogP contribution in [0.15, 0.2) is 11.6 Å². The average molecular weight is 213 g/mol. The Labute approximate surface area is 88.3 Å². The van der Waals surface area contributed by atoms with Crippen molar-refractivity contribution in [3.05, 3.63) is 21.8 Å². The molecule has 84 valence electrons. The van der Waals surface area contributed by atoms with Crippen molar-refractivity contribution in [3.8, 4) is 0 Å². The number of carbonyl (C=O) groups is 1. The summed E-state index contributed by atoms with van der Waals surface area (Å²) in [4.78, 5) is 21.6. The molecule has 1 aliphatic rings. The van der Waals surface area contributed by atoms with Gasteiger partial charge in [-0.25, -0.2) is 4.79 Å². The van der Waals surface area contributed by atoms with Gasteiger partial charge in [-0.3, -0.25) is 10.1 Å². The quantitative estimate of drug-likeness (QED) is 0.308. The maximum Gasteiger partial charge on any atom is 0.386 e. The Bertz CT molecular complexity index is 285. The van der Waals surface area contributed by atoms with E-state index >= 15 is 0 Å². The average Bonchev–Trinajstić information content (AvgIpc) is 2.19. The molecule has 15 heavy (non-hydrogen) atoms. The van der Waals surface area contributed by atoms with Crippen molar-refractivity contribution in [3.63, 3.8) is 0 Å². The molecule has 1 rings (SSSR count). The van der Waals surface area contributed by atoms with Crippen LogP contribution in [0.5, 0.6) is 0 Å². The van der Waals surface area contributed by atoms with E-state index in [2.05, 4.69) is 0 Å². The highest BCUT2D eigenvalue weighted by atomic mass is 16.6. The molecule has 0 saturated carbocycles. The van der Waals surface area contributed by atoms with E-state index in [0.29, 0.717) is 12.0 Å². The molecule has 0 bridgehead atoms. The third kappa shape index (κ3) is 3.04. The Kier molecular flexibility index (Phi) is 4.27. The highest BCUT2D eigenvalue weighted by Crippen LogP contribution is 2.22. The van der Waals surface area contributed by atoms with Crippen molar-refractivity contribution in [2.75, 3.05) is 6.61 Å². The molecule has 0 aromatic heterocycles. The fraction of sp³-hybridized carbons (Fsp3) is 0.700. The minimum Gasteiger partial charge on any atom is -0.461 e. The van der Waals surface area contributed by atoms with E-state index in [1.165, 1.54) is 0 Å². The second-order valence-electron chi connectivity index (χ2n) is 3.46. The second kappa shape index (κ2) is 5.48. The fourth-order valence-corrected chi connectivity index (χ4v) is 1.71. The van der Waals surface area contributed by atoms with Gasteiger partial charge in [-0.2, -0.15) is 0 Å². The van der Waals surface area contributed by atoms with Gasteiger partial charge in [0, 0.05) is 10.5 Å². The van der Waals surface area contributed by atoms with Crippen LogP contribution in [0.2, 0.25) is 0 Å². The normalized spacial score (nSPS) is 17.8. The van der Waals surface area contributed by atoms with Gasteiger partial charge in [0.2, 0.25) is 0 Å². The van der Waals surface area contributed by atoms with Gasteiger partial charge in [0.05, 0.1) is 6.61 Å². The number of nitro groups is 1. The van der Waals surface area contributed by atoms with Gasteiger partial charge < -0.3 is 4.74 Å². The molecular formula is C10H15NO4. The van der Waals surface area contributed by atoms with Crippen LogP contribution in [-0.2, 0) is 9.53 Å². The monoisotopic (exact) mass is 213 g/mol. The number of carbonyl (C=O) groups excluding carboxylic acids is 1. The second-order valence-corrected chi connectivity index (χ2v) is 3.46. The number of allylic oxidation sites excluding steroid dienone is 1. The first-order valence-corrected chi connectivity index (χ1v) is 5.16. The first-order chi connectivity index (χ1) is 7.16. The van der Waals surface area contributed by atoms with Crippen LogP contribution in [0.1, 0.15) is 32.6 Å². The van der Waals surface area contributed by atoms with Crippen LogP contribution in [0.25, 0.3) is 0 Å². The van der Waals surface area contributed by atoms with Crippen molar-refractivity contribution in [1.82, 2.24) is 0 Å². The number of nitrogens with zero attached hydrogens (tertiary/aromatic N) is 1. The molecule has 1 unspecified atom stereocenters. The summed E-state index contributed by atoms with van der Waals surface area (Å²) in [5, 5.41) is 10.8. The molecule has 5 heteroatoms. The summed E-state index contributed by atoms with van der Waals surface area (Å²) in [6.45, 7) is 1.82. The largest absolute Gasteiger partial charge is 0.461 e. The van der Waals surface area contributed by atoms with Gasteiger partial charge in [0.1, 0.15) is 0 Å². The summed E-state index contributed by atoms with van der Waals surface area (Å²) in [7, 11) is 0. The summed E-state index contributed by atoms with van der Waals surface area (Å²) in [5.41, 5.74) is 0.602. The van der Waals surface area contributed by atoms with E-state index in [0.717, 1.165) is 19.3 Å². The number of hydrogen-bond donors (Lipinski definition) is 0. The van der Waals surface area contributed by atoms with Crippen LogP contribution in [-0.4, -0.2) is 23.5 Å². The smallest absolute Gasteiger partial charge is 0.386 e. The van der Waals surface area contributed by atoms with Crippen LogP contribution in [0.3, 0.4) is 0 Å². The first kappa shape index (κ1) is 11.7. The van der Waals surface area contributed by atoms with Crippen LogP contribution in [0.4, 0.5) is 0 Å². The molecule has 0 amide bonds. The number of hydrogen-bond acceptors (Lipinski definition) is 4. The zero-order valence-corrected chi connectivity index (χ0v) is 8.77. The molecule has 1 aliphatic carbocycles. The standard InChI is InChI=1S/C10H15NO4/c1-2-15-10(12)9(11(13)14)8-6-4-3-5-7-8/h6,9H,2-5,7H2,1H3. The summed E-state index contributed by atoms with van der Waals surface area (Å²) in [5.74, 6) is -0.740. The van der Waals surface area contributed by atoms with Crippen molar-refractivity contribution >= 4 is 5.97 Å². The van der Waals surface area contributed by atoms with E-state index < -0.39 is 16.9 Å². The van der Waals surface area contributed by atoms with E-state index in [1.807, 2.05) is 0 Å². The van der Waals surface area contributed by atoms with E-state index in [1.54, 1.807) is 13.0 Å². The SMILES string of the molecule is CCOC(=O)C(C1=CCCCC1)[N+](=O)[O-]. The minimum atomic E-state index is -1.29. The Morgan fingerprint density at radius 2 is 2.40 bits per heavy atom. The zero-order chi connectivity index (χ0) is 11.3. The predicted octanol–water partition coefficient (Wildman–Crippen LogP) is 1.70. The zero-order valence-electron chi connectivity index (χ0n) is 8.77. The Morgan fingerprint density at radius 3 is 2.87 bits per heavy atom. The maximum atomic E-state index is 11.4. The lowest BCUT2D eigenvalue weighted by Gasteiger charge is -2.15. The number of rotatable bonds is 4. The summed E-state index contributed by atoms with van der Waals surface area (Å²) < 4.78 is 4.70. The molecule has 0 aromatic rings. The van der Waals surface area contributed by atoms with Crippen molar-refractivity contribution in [2.24, 2.45) is 0 Å². The molecule has 0 fully saturated rings. The van der Waals surface area contributed by atoms with E-state index in [-0.39, 0.29) is 6.61 Å². The fourth-order valence-electron chi connectivity index (χ4n) is 1.71. The maximum absolute atomic E-state index is 11.4. The van der Waals surface area contributed by atoms with Gasteiger partial charge in [-0.1, -0.05) is 6.08 Å². The molecule has 0 saturated heterocycles. The van der Waals surface area contributed by atoms with Gasteiger partial charge in [0.15, 0.2) is 0 Å². The Hall–Kier alpha value is -1.39. The third-order valence-electron chi connectivity index (χ3n) is 2.40. The highest BCUT2D eigenvalue weighted by molar-refractivity contribution is 5.78. The molecule has 0 radical (unpaired) electrons. The van der Waals surface area contributed by atoms with Gasteiger partial charge in [-0.05, 0) is 32.6 Å². The molecule has 5 nitrogen and oxygen atoms in total. The minimum absolute atomic E-state index is 0.177. The van der Waals surface area contributed by atoms with Crippen LogP contribution >= 0.6 is 0 Å². The lowest BCUT2D eigenvalue weighted by molar-refractivity contribution is -0.501. The Balaban J connectivity index is 2.77. The first-order valence-electron chi connectivity index (χ1n) is 5.16. The molecular weight excluding hydrogens is 198 g/mol. The van der Waals surface area contributed by atoms with E-state index in [4.69, 9.17) is 4.74 Å². The summed E-state index contributed by atoms with van der Waals surface area (Å²) in [6.07, 6.45) is 5.20. The highest BCUT2D eigenvalue weighted by Gasteiger charge is 2.35. The molecule has 0 N–H and O–H groups in total. The molecule has 0 spiro atoms. The van der Waals surface area contributed by atoms with Crippen LogP contribution in [0, 0.1) is 10.1 Å². The van der Waals surface area contributed by atoms with Crippen molar-refractivity contribution in [1.29, 1.82) is 0 Å². The Morgan fingerprint density at radius 1 is 1.67 bits per heavy atom. The lowest BCUT2D eigenvalue weighted by Crippen LogP contribution is -2.33. The van der Waals surface area contributed by atoms with Crippen molar-refractivity contribution in [2.45, 2.75) is 38.6 Å². The van der Waals surface area contributed by atoms with Gasteiger partial charge >= 0.3 is 12.0 Å². The molecule has 0 aromatic carbocycles.